The van der Waals surface area contributed by atoms with Gasteiger partial charge >= 0.3 is 0 Å². The Hall–Kier alpha value is -2.01. The minimum Gasteiger partial charge on any atom is -0.354 e. The Morgan fingerprint density at radius 1 is 1.23 bits per heavy atom. The molecule has 5 heteroatoms. The van der Waals surface area contributed by atoms with E-state index < -0.39 is 0 Å². The third kappa shape index (κ3) is 3.42. The fourth-order valence-electron chi connectivity index (χ4n) is 2.41. The first-order valence-electron chi connectivity index (χ1n) is 7.32. The van der Waals surface area contributed by atoms with Crippen LogP contribution in [0.5, 0.6) is 0 Å². The Bertz CT molecular complexity index is 654. The molecule has 1 aliphatic rings. The third-order valence-corrected chi connectivity index (χ3v) is 4.49. The molecule has 0 aliphatic carbocycles. The van der Waals surface area contributed by atoms with E-state index in [9.17, 15) is 4.79 Å². The lowest BCUT2D eigenvalue weighted by molar-refractivity contribution is 0.102. The van der Waals surface area contributed by atoms with Crippen molar-refractivity contribution in [3.05, 3.63) is 53.7 Å². The van der Waals surface area contributed by atoms with Gasteiger partial charge in [-0.05, 0) is 37.3 Å². The van der Waals surface area contributed by atoms with Gasteiger partial charge in [-0.3, -0.25) is 4.79 Å². The van der Waals surface area contributed by atoms with Gasteiger partial charge < -0.3 is 10.2 Å². The molecule has 3 rings (SSSR count). The van der Waals surface area contributed by atoms with Crippen molar-refractivity contribution in [3.63, 3.8) is 0 Å². The van der Waals surface area contributed by atoms with Crippen molar-refractivity contribution in [3.8, 4) is 0 Å². The third-order valence-electron chi connectivity index (χ3n) is 3.55. The van der Waals surface area contributed by atoms with Crippen molar-refractivity contribution < 1.29 is 4.79 Å². The summed E-state index contributed by atoms with van der Waals surface area (Å²) in [4.78, 5) is 19.4. The zero-order valence-electron chi connectivity index (χ0n) is 12.5. The van der Waals surface area contributed by atoms with Crippen LogP contribution in [-0.4, -0.2) is 35.5 Å². The molecular weight excluding hydrogens is 294 g/mol. The number of hydrogen-bond acceptors (Lipinski definition) is 4. The van der Waals surface area contributed by atoms with Gasteiger partial charge in [0.05, 0.1) is 5.56 Å². The minimum absolute atomic E-state index is 0.119. The average Bonchev–Trinajstić information content (AvgIpc) is 2.56. The first kappa shape index (κ1) is 14.9. The van der Waals surface area contributed by atoms with Crippen LogP contribution < -0.4 is 10.2 Å². The number of pyridine rings is 1. The van der Waals surface area contributed by atoms with Crippen LogP contribution in [0.4, 0.5) is 11.5 Å². The summed E-state index contributed by atoms with van der Waals surface area (Å²) in [5, 5.41) is 2.93. The van der Waals surface area contributed by atoms with Crippen LogP contribution in [0.15, 0.2) is 36.4 Å². The van der Waals surface area contributed by atoms with Gasteiger partial charge in [0.15, 0.2) is 0 Å². The Morgan fingerprint density at radius 2 is 1.95 bits per heavy atom. The largest absolute Gasteiger partial charge is 0.354 e. The topological polar surface area (TPSA) is 45.2 Å². The summed E-state index contributed by atoms with van der Waals surface area (Å²) >= 11 is 1.94. The van der Waals surface area contributed by atoms with E-state index in [2.05, 4.69) is 21.3 Å². The molecule has 1 aromatic carbocycles. The molecule has 2 aromatic rings. The van der Waals surface area contributed by atoms with Crippen molar-refractivity contribution >= 4 is 29.2 Å². The number of aryl methyl sites for hydroxylation is 1. The van der Waals surface area contributed by atoms with E-state index in [4.69, 9.17) is 0 Å². The van der Waals surface area contributed by atoms with Crippen LogP contribution in [0.3, 0.4) is 0 Å². The van der Waals surface area contributed by atoms with E-state index in [1.807, 2.05) is 43.0 Å². The number of amides is 1. The molecule has 113 valence electrons. The van der Waals surface area contributed by atoms with Crippen LogP contribution in [0.25, 0.3) is 0 Å². The molecule has 0 spiro atoms. The Kier molecular flexibility index (Phi) is 4.63. The van der Waals surface area contributed by atoms with Crippen LogP contribution >= 0.6 is 11.8 Å². The molecule has 4 nitrogen and oxygen atoms in total. The van der Waals surface area contributed by atoms with E-state index in [1.165, 1.54) is 0 Å². The molecule has 1 radical (unpaired) electrons. The van der Waals surface area contributed by atoms with E-state index in [0.717, 1.165) is 41.8 Å². The predicted molar refractivity (Wildman–Crippen MR) is 91.7 cm³/mol. The molecule has 22 heavy (non-hydrogen) atoms. The van der Waals surface area contributed by atoms with Gasteiger partial charge in [0.1, 0.15) is 5.82 Å². The monoisotopic (exact) mass is 312 g/mol. The number of hydrogen-bond donors (Lipinski definition) is 1. The van der Waals surface area contributed by atoms with E-state index in [1.54, 1.807) is 12.1 Å². The second-order valence-corrected chi connectivity index (χ2v) is 6.39. The SMILES string of the molecule is Cc1ccc(C(=O)Nc2cc[c]cc2)c(N2CCSCC2)n1. The highest BCUT2D eigenvalue weighted by atomic mass is 32.2. The van der Waals surface area contributed by atoms with Crippen molar-refractivity contribution in [2.45, 2.75) is 6.92 Å². The molecule has 1 N–H and O–H groups in total. The molecule has 1 aliphatic heterocycles. The minimum atomic E-state index is -0.119. The molecule has 1 aromatic heterocycles. The zero-order valence-corrected chi connectivity index (χ0v) is 13.3. The van der Waals surface area contributed by atoms with Gasteiger partial charge in [0, 0.05) is 36.0 Å². The summed E-state index contributed by atoms with van der Waals surface area (Å²) in [5.41, 5.74) is 2.33. The van der Waals surface area contributed by atoms with E-state index in [-0.39, 0.29) is 5.91 Å². The Balaban J connectivity index is 1.87. The number of nitrogens with zero attached hydrogens (tertiary/aromatic N) is 2. The molecule has 0 bridgehead atoms. The summed E-state index contributed by atoms with van der Waals surface area (Å²) in [7, 11) is 0. The van der Waals surface area contributed by atoms with Gasteiger partial charge in [-0.25, -0.2) is 4.98 Å². The number of anilines is 2. The maximum Gasteiger partial charge on any atom is 0.259 e. The van der Waals surface area contributed by atoms with Crippen LogP contribution in [0.1, 0.15) is 16.1 Å². The fourth-order valence-corrected chi connectivity index (χ4v) is 3.31. The molecule has 2 heterocycles. The summed E-state index contributed by atoms with van der Waals surface area (Å²) in [6.07, 6.45) is 0. The van der Waals surface area contributed by atoms with Gasteiger partial charge in [0.25, 0.3) is 5.91 Å². The highest BCUT2D eigenvalue weighted by Gasteiger charge is 2.20. The lowest BCUT2D eigenvalue weighted by Crippen LogP contribution is -2.35. The molecule has 1 fully saturated rings. The lowest BCUT2D eigenvalue weighted by atomic mass is 10.2. The van der Waals surface area contributed by atoms with Crippen molar-refractivity contribution in [1.82, 2.24) is 4.98 Å². The standard InChI is InChI=1S/C17H18N3OS/c1-13-7-8-15(16(18-13)20-9-11-22-12-10-20)17(21)19-14-5-3-2-4-6-14/h3-8H,9-12H2,1H3,(H,19,21). The number of benzene rings is 1. The highest BCUT2D eigenvalue weighted by molar-refractivity contribution is 7.99. The maximum atomic E-state index is 12.6. The van der Waals surface area contributed by atoms with Crippen LogP contribution in [0.2, 0.25) is 0 Å². The van der Waals surface area contributed by atoms with Gasteiger partial charge in [-0.1, -0.05) is 12.1 Å². The number of aromatic nitrogens is 1. The number of thioether (sulfide) groups is 1. The molecule has 0 unspecified atom stereocenters. The van der Waals surface area contributed by atoms with Crippen LogP contribution in [-0.2, 0) is 0 Å². The average molecular weight is 312 g/mol. The van der Waals surface area contributed by atoms with Crippen molar-refractivity contribution in [2.75, 3.05) is 34.8 Å². The summed E-state index contributed by atoms with van der Waals surface area (Å²) in [6.45, 7) is 3.82. The Morgan fingerprint density at radius 3 is 2.68 bits per heavy atom. The lowest BCUT2D eigenvalue weighted by Gasteiger charge is -2.29. The van der Waals surface area contributed by atoms with Crippen molar-refractivity contribution in [2.24, 2.45) is 0 Å². The summed E-state index contributed by atoms with van der Waals surface area (Å²) < 4.78 is 0. The maximum absolute atomic E-state index is 12.6. The molecular formula is C17H18N3OS. The van der Waals surface area contributed by atoms with Gasteiger partial charge in [0.2, 0.25) is 0 Å². The summed E-state index contributed by atoms with van der Waals surface area (Å²) in [5.74, 6) is 2.82. The Labute approximate surface area is 134 Å². The number of rotatable bonds is 3. The first-order valence-corrected chi connectivity index (χ1v) is 8.47. The van der Waals surface area contributed by atoms with E-state index in [0.29, 0.717) is 5.56 Å². The zero-order chi connectivity index (χ0) is 15.4. The number of carbonyl (C=O) groups excluding carboxylic acids is 1. The molecule has 1 saturated heterocycles. The molecule has 0 saturated carbocycles. The van der Waals surface area contributed by atoms with Gasteiger partial charge in [-0.2, -0.15) is 11.8 Å². The molecule has 0 atom stereocenters. The molecule has 1 amide bonds. The smallest absolute Gasteiger partial charge is 0.259 e. The first-order chi connectivity index (χ1) is 10.7. The quantitative estimate of drug-likeness (QED) is 0.946. The van der Waals surface area contributed by atoms with Crippen LogP contribution in [0, 0.1) is 13.0 Å². The van der Waals surface area contributed by atoms with E-state index >= 15 is 0 Å². The fraction of sp³-hybridized carbons (Fsp3) is 0.294. The van der Waals surface area contributed by atoms with Crippen molar-refractivity contribution in [1.29, 1.82) is 0 Å². The summed E-state index contributed by atoms with van der Waals surface area (Å²) in [6, 6.07) is 13.9. The normalized spacial score (nSPS) is 14.7. The number of nitrogens with one attached hydrogen (secondary N) is 1. The second kappa shape index (κ2) is 6.83. The van der Waals surface area contributed by atoms with Gasteiger partial charge in [-0.15, -0.1) is 0 Å². The highest BCUT2D eigenvalue weighted by Crippen LogP contribution is 2.23. The predicted octanol–water partition coefficient (Wildman–Crippen LogP) is 3.00. The second-order valence-electron chi connectivity index (χ2n) is 5.17. The number of carbonyl (C=O) groups is 1.